The van der Waals surface area contributed by atoms with Gasteiger partial charge in [-0.15, -0.1) is 0 Å². The number of likely N-dealkylation sites (N-methyl/N-ethyl adjacent to an activating group) is 2. The standard InChI is InChI=1S/C23H27BrFN5O/c1-29(10-11-30(2)23(31)20-4-3-9-26-20)14-15-5-7-17(19(25)12-15)22-18-8-6-16(24)13-21(18)27-28-22/h5-8,12-13,20,26H,3-4,9-11,14H2,1-2H3,(H,27,28). The zero-order valence-corrected chi connectivity index (χ0v) is 19.4. The number of benzene rings is 2. The monoisotopic (exact) mass is 487 g/mol. The third-order valence-corrected chi connectivity index (χ3v) is 6.31. The average molecular weight is 488 g/mol. The van der Waals surface area contributed by atoms with Gasteiger partial charge in [0.05, 0.1) is 11.6 Å². The average Bonchev–Trinajstić information content (AvgIpc) is 3.41. The van der Waals surface area contributed by atoms with E-state index in [1.54, 1.807) is 17.0 Å². The van der Waals surface area contributed by atoms with Crippen molar-refractivity contribution in [2.75, 3.05) is 33.7 Å². The molecule has 2 aromatic carbocycles. The number of hydrogen-bond donors (Lipinski definition) is 2. The largest absolute Gasteiger partial charge is 0.343 e. The van der Waals surface area contributed by atoms with E-state index in [4.69, 9.17) is 0 Å². The van der Waals surface area contributed by atoms with Gasteiger partial charge >= 0.3 is 0 Å². The van der Waals surface area contributed by atoms with Crippen LogP contribution in [0, 0.1) is 5.82 Å². The Morgan fingerprint density at radius 1 is 1.23 bits per heavy atom. The zero-order chi connectivity index (χ0) is 22.0. The number of amides is 1. The molecule has 1 aromatic heterocycles. The van der Waals surface area contributed by atoms with Crippen molar-refractivity contribution in [1.82, 2.24) is 25.3 Å². The lowest BCUT2D eigenvalue weighted by Crippen LogP contribution is -2.44. The topological polar surface area (TPSA) is 64.3 Å². The summed E-state index contributed by atoms with van der Waals surface area (Å²) in [4.78, 5) is 16.3. The first kappa shape index (κ1) is 21.9. The van der Waals surface area contributed by atoms with Crippen LogP contribution in [0.25, 0.3) is 22.2 Å². The van der Waals surface area contributed by atoms with Crippen LogP contribution < -0.4 is 5.32 Å². The molecule has 0 saturated carbocycles. The molecule has 0 aliphatic carbocycles. The maximum absolute atomic E-state index is 14.9. The number of fused-ring (bicyclic) bond motifs is 1. The lowest BCUT2D eigenvalue weighted by molar-refractivity contribution is -0.131. The molecule has 6 nitrogen and oxygen atoms in total. The number of hydrogen-bond acceptors (Lipinski definition) is 4. The molecular weight excluding hydrogens is 461 g/mol. The zero-order valence-electron chi connectivity index (χ0n) is 17.8. The van der Waals surface area contributed by atoms with Crippen LogP contribution in [0.15, 0.2) is 40.9 Å². The van der Waals surface area contributed by atoms with Crippen LogP contribution in [-0.4, -0.2) is 65.7 Å². The Morgan fingerprint density at radius 2 is 2.06 bits per heavy atom. The fourth-order valence-corrected chi connectivity index (χ4v) is 4.39. The quantitative estimate of drug-likeness (QED) is 0.532. The molecule has 1 unspecified atom stereocenters. The molecule has 31 heavy (non-hydrogen) atoms. The number of carbonyl (C=O) groups excluding carboxylic acids is 1. The summed E-state index contributed by atoms with van der Waals surface area (Å²) in [7, 11) is 3.83. The van der Waals surface area contributed by atoms with E-state index in [0.717, 1.165) is 46.9 Å². The molecule has 0 spiro atoms. The Labute approximate surface area is 189 Å². The molecule has 1 atom stereocenters. The Balaban J connectivity index is 1.38. The minimum absolute atomic E-state index is 0.0452. The third kappa shape index (κ3) is 4.97. The van der Waals surface area contributed by atoms with Crippen LogP contribution in [0.3, 0.4) is 0 Å². The number of nitrogens with zero attached hydrogens (tertiary/aromatic N) is 3. The second-order valence-electron chi connectivity index (χ2n) is 8.22. The molecule has 1 aliphatic rings. The fraction of sp³-hybridized carbons (Fsp3) is 0.391. The summed E-state index contributed by atoms with van der Waals surface area (Å²) in [6.45, 7) is 2.88. The molecule has 0 radical (unpaired) electrons. The normalized spacial score (nSPS) is 16.4. The van der Waals surface area contributed by atoms with Crippen molar-refractivity contribution < 1.29 is 9.18 Å². The second-order valence-corrected chi connectivity index (χ2v) is 9.14. The predicted octanol–water partition coefficient (Wildman–Crippen LogP) is 3.77. The van der Waals surface area contributed by atoms with E-state index in [9.17, 15) is 9.18 Å². The van der Waals surface area contributed by atoms with Gasteiger partial charge in [0, 0.05) is 42.1 Å². The lowest BCUT2D eigenvalue weighted by Gasteiger charge is -2.24. The van der Waals surface area contributed by atoms with Crippen molar-refractivity contribution in [2.24, 2.45) is 0 Å². The highest BCUT2D eigenvalue weighted by atomic mass is 79.9. The molecule has 1 amide bonds. The molecule has 1 saturated heterocycles. The van der Waals surface area contributed by atoms with Crippen LogP contribution in [0.4, 0.5) is 4.39 Å². The molecule has 3 aromatic rings. The van der Waals surface area contributed by atoms with Gasteiger partial charge in [0.25, 0.3) is 0 Å². The highest BCUT2D eigenvalue weighted by Gasteiger charge is 2.24. The molecule has 8 heteroatoms. The molecule has 164 valence electrons. The van der Waals surface area contributed by atoms with E-state index in [1.807, 2.05) is 38.4 Å². The first-order chi connectivity index (χ1) is 14.9. The smallest absolute Gasteiger partial charge is 0.239 e. The van der Waals surface area contributed by atoms with Gasteiger partial charge in [0.1, 0.15) is 11.5 Å². The summed E-state index contributed by atoms with van der Waals surface area (Å²) < 4.78 is 15.9. The Hall–Kier alpha value is -2.29. The van der Waals surface area contributed by atoms with Crippen molar-refractivity contribution in [3.05, 3.63) is 52.3 Å². The SMILES string of the molecule is CN(CCN(C)C(=O)C1CCCN1)Cc1ccc(-c2n[nH]c3cc(Br)ccc23)c(F)c1. The van der Waals surface area contributed by atoms with E-state index in [-0.39, 0.29) is 17.8 Å². The number of rotatable bonds is 7. The van der Waals surface area contributed by atoms with Gasteiger partial charge in [-0.2, -0.15) is 5.10 Å². The van der Waals surface area contributed by atoms with Crippen molar-refractivity contribution in [2.45, 2.75) is 25.4 Å². The summed E-state index contributed by atoms with van der Waals surface area (Å²) in [5.74, 6) is -0.138. The maximum atomic E-state index is 14.9. The summed E-state index contributed by atoms with van der Waals surface area (Å²) in [5.41, 5.74) is 2.84. The van der Waals surface area contributed by atoms with Gasteiger partial charge in [-0.05, 0) is 62.3 Å². The van der Waals surface area contributed by atoms with E-state index in [1.165, 1.54) is 0 Å². The summed E-state index contributed by atoms with van der Waals surface area (Å²) in [6.07, 6.45) is 1.96. The Morgan fingerprint density at radius 3 is 2.81 bits per heavy atom. The minimum Gasteiger partial charge on any atom is -0.343 e. The Bertz CT molecular complexity index is 1080. The Kier molecular flexibility index (Phi) is 6.69. The summed E-state index contributed by atoms with van der Waals surface area (Å²) in [5, 5.41) is 11.4. The highest BCUT2D eigenvalue weighted by molar-refractivity contribution is 9.10. The van der Waals surface area contributed by atoms with Gasteiger partial charge in [-0.25, -0.2) is 4.39 Å². The minimum atomic E-state index is -0.290. The van der Waals surface area contributed by atoms with Gasteiger partial charge in [-0.3, -0.25) is 9.89 Å². The number of aromatic amines is 1. The summed E-state index contributed by atoms with van der Waals surface area (Å²) in [6, 6.07) is 11.0. The van der Waals surface area contributed by atoms with Crippen molar-refractivity contribution in [3.8, 4) is 11.3 Å². The van der Waals surface area contributed by atoms with Crippen molar-refractivity contribution in [3.63, 3.8) is 0 Å². The first-order valence-electron chi connectivity index (χ1n) is 10.5. The molecular formula is C23H27BrFN5O. The number of halogens is 2. The van der Waals surface area contributed by atoms with E-state index in [0.29, 0.717) is 24.3 Å². The highest BCUT2D eigenvalue weighted by Crippen LogP contribution is 2.30. The van der Waals surface area contributed by atoms with Crippen LogP contribution >= 0.6 is 15.9 Å². The first-order valence-corrected chi connectivity index (χ1v) is 11.3. The maximum Gasteiger partial charge on any atom is 0.239 e. The van der Waals surface area contributed by atoms with Crippen molar-refractivity contribution in [1.29, 1.82) is 0 Å². The number of H-pyrrole nitrogens is 1. The molecule has 0 bridgehead atoms. The van der Waals surface area contributed by atoms with E-state index >= 15 is 0 Å². The van der Waals surface area contributed by atoms with Gasteiger partial charge in [0.15, 0.2) is 0 Å². The van der Waals surface area contributed by atoms with Crippen LogP contribution in [0.2, 0.25) is 0 Å². The van der Waals surface area contributed by atoms with Crippen LogP contribution in [0.1, 0.15) is 18.4 Å². The lowest BCUT2D eigenvalue weighted by atomic mass is 10.0. The number of carbonyl (C=O) groups is 1. The molecule has 1 fully saturated rings. The van der Waals surface area contributed by atoms with Gasteiger partial charge in [0.2, 0.25) is 5.91 Å². The van der Waals surface area contributed by atoms with Gasteiger partial charge < -0.3 is 15.1 Å². The van der Waals surface area contributed by atoms with Crippen molar-refractivity contribution >= 4 is 32.7 Å². The predicted molar refractivity (Wildman–Crippen MR) is 124 cm³/mol. The van der Waals surface area contributed by atoms with E-state index in [2.05, 4.69) is 36.3 Å². The fourth-order valence-electron chi connectivity index (χ4n) is 4.03. The molecule has 4 rings (SSSR count). The molecule has 2 heterocycles. The van der Waals surface area contributed by atoms with E-state index < -0.39 is 0 Å². The van der Waals surface area contributed by atoms with Crippen LogP contribution in [0.5, 0.6) is 0 Å². The number of nitrogens with one attached hydrogen (secondary N) is 2. The number of aromatic nitrogens is 2. The molecule has 2 N–H and O–H groups in total. The second kappa shape index (κ2) is 9.46. The van der Waals surface area contributed by atoms with Gasteiger partial charge in [-0.1, -0.05) is 22.0 Å². The van der Waals surface area contributed by atoms with Crippen LogP contribution in [-0.2, 0) is 11.3 Å². The summed E-state index contributed by atoms with van der Waals surface area (Å²) >= 11 is 3.44. The molecule has 1 aliphatic heterocycles. The third-order valence-electron chi connectivity index (χ3n) is 5.82.